The number of nitrogens with zero attached hydrogens (tertiary/aromatic N) is 4. The molecule has 0 saturated carbocycles. The van der Waals surface area contributed by atoms with Crippen LogP contribution in [0.4, 0.5) is 0 Å². The Bertz CT molecular complexity index is 590. The first-order chi connectivity index (χ1) is 10.4. The highest BCUT2D eigenvalue weighted by atomic mass is 16.3. The quantitative estimate of drug-likeness (QED) is 0.880. The second-order valence-electron chi connectivity index (χ2n) is 6.04. The van der Waals surface area contributed by atoms with Gasteiger partial charge in [0.05, 0.1) is 5.60 Å². The summed E-state index contributed by atoms with van der Waals surface area (Å²) in [6.45, 7) is 5.86. The van der Waals surface area contributed by atoms with Gasteiger partial charge in [-0.3, -0.25) is 4.79 Å². The third-order valence-corrected chi connectivity index (χ3v) is 3.30. The van der Waals surface area contributed by atoms with Gasteiger partial charge >= 0.3 is 0 Å². The number of rotatable bonds is 6. The topological polar surface area (TPSA) is 71.2 Å². The molecular weight excluding hydrogens is 280 g/mol. The predicted octanol–water partition coefficient (Wildman–Crippen LogP) is 1.64. The number of carbonyl (C=O) groups is 1. The second kappa shape index (κ2) is 6.70. The first-order valence-corrected chi connectivity index (χ1v) is 7.26. The Morgan fingerprint density at radius 1 is 1.36 bits per heavy atom. The van der Waals surface area contributed by atoms with Gasteiger partial charge in [-0.05, 0) is 26.3 Å². The maximum Gasteiger partial charge on any atom is 0.247 e. The lowest BCUT2D eigenvalue weighted by Crippen LogP contribution is -2.44. The maximum absolute atomic E-state index is 12.7. The molecule has 1 aromatic heterocycles. The number of carbonyl (C=O) groups excluding carboxylic acids is 1. The Kier molecular flexibility index (Phi) is 4.92. The molecule has 6 heteroatoms. The molecule has 0 aliphatic heterocycles. The van der Waals surface area contributed by atoms with E-state index in [1.165, 1.54) is 17.3 Å². The molecule has 6 nitrogen and oxygen atoms in total. The van der Waals surface area contributed by atoms with E-state index >= 15 is 0 Å². The summed E-state index contributed by atoms with van der Waals surface area (Å²) >= 11 is 0. The van der Waals surface area contributed by atoms with Crippen LogP contribution < -0.4 is 0 Å². The minimum Gasteiger partial charge on any atom is -0.389 e. The molecule has 0 aliphatic rings. The molecule has 118 valence electrons. The Balaban J connectivity index is 2.18. The summed E-state index contributed by atoms with van der Waals surface area (Å²) in [5.41, 5.74) is 0.0536. The summed E-state index contributed by atoms with van der Waals surface area (Å²) < 4.78 is 1.52. The van der Waals surface area contributed by atoms with Crippen molar-refractivity contribution < 1.29 is 9.90 Å². The molecule has 22 heavy (non-hydrogen) atoms. The van der Waals surface area contributed by atoms with Crippen LogP contribution in [-0.4, -0.2) is 42.8 Å². The molecule has 0 spiro atoms. The van der Waals surface area contributed by atoms with Crippen molar-refractivity contribution in [2.45, 2.75) is 39.0 Å². The molecule has 1 amide bonds. The van der Waals surface area contributed by atoms with Crippen LogP contribution in [0, 0.1) is 0 Å². The molecule has 1 atom stereocenters. The Morgan fingerprint density at radius 2 is 2.05 bits per heavy atom. The summed E-state index contributed by atoms with van der Waals surface area (Å²) in [7, 11) is 0. The molecule has 1 heterocycles. The molecule has 0 saturated heterocycles. The van der Waals surface area contributed by atoms with Gasteiger partial charge in [-0.2, -0.15) is 5.10 Å². The lowest BCUT2D eigenvalue weighted by atomic mass is 10.1. The molecular formula is C16H22N4O2. The minimum absolute atomic E-state index is 0.100. The van der Waals surface area contributed by atoms with E-state index in [1.807, 2.05) is 30.3 Å². The van der Waals surface area contributed by atoms with E-state index in [9.17, 15) is 9.90 Å². The smallest absolute Gasteiger partial charge is 0.247 e. The molecule has 0 bridgehead atoms. The van der Waals surface area contributed by atoms with Crippen molar-refractivity contribution >= 4 is 5.91 Å². The molecule has 1 aromatic carbocycles. The molecule has 0 unspecified atom stereocenters. The first kappa shape index (κ1) is 16.2. The zero-order chi connectivity index (χ0) is 16.2. The van der Waals surface area contributed by atoms with Gasteiger partial charge in [0.25, 0.3) is 0 Å². The van der Waals surface area contributed by atoms with Crippen molar-refractivity contribution in [2.24, 2.45) is 0 Å². The highest BCUT2D eigenvalue weighted by Gasteiger charge is 2.27. The van der Waals surface area contributed by atoms with Gasteiger partial charge in [0, 0.05) is 13.1 Å². The van der Waals surface area contributed by atoms with Crippen molar-refractivity contribution in [2.75, 3.05) is 6.54 Å². The SMILES string of the molecule is C[C@H](C(=O)N(Cc1ccccc1)CC(C)(C)O)n1cncn1. The summed E-state index contributed by atoms with van der Waals surface area (Å²) in [6.07, 6.45) is 2.93. The zero-order valence-electron chi connectivity index (χ0n) is 13.2. The predicted molar refractivity (Wildman–Crippen MR) is 82.9 cm³/mol. The number of aromatic nitrogens is 3. The van der Waals surface area contributed by atoms with Crippen molar-refractivity contribution in [1.29, 1.82) is 0 Å². The van der Waals surface area contributed by atoms with E-state index in [2.05, 4.69) is 10.1 Å². The summed E-state index contributed by atoms with van der Waals surface area (Å²) in [5, 5.41) is 14.1. The van der Waals surface area contributed by atoms with Crippen LogP contribution >= 0.6 is 0 Å². The number of benzene rings is 1. The minimum atomic E-state index is -0.966. The van der Waals surface area contributed by atoms with Crippen LogP contribution in [-0.2, 0) is 11.3 Å². The number of amides is 1. The fourth-order valence-electron chi connectivity index (χ4n) is 2.28. The van der Waals surface area contributed by atoms with Gasteiger partial charge < -0.3 is 10.0 Å². The number of hydrogen-bond donors (Lipinski definition) is 1. The monoisotopic (exact) mass is 302 g/mol. The van der Waals surface area contributed by atoms with Gasteiger partial charge in [-0.15, -0.1) is 0 Å². The lowest BCUT2D eigenvalue weighted by Gasteiger charge is -2.31. The fraction of sp³-hybridized carbons (Fsp3) is 0.438. The van der Waals surface area contributed by atoms with Crippen molar-refractivity contribution in [3.8, 4) is 0 Å². The third-order valence-electron chi connectivity index (χ3n) is 3.30. The van der Waals surface area contributed by atoms with Crippen LogP contribution in [0.1, 0.15) is 32.4 Å². The van der Waals surface area contributed by atoms with Crippen molar-refractivity contribution in [3.05, 3.63) is 48.5 Å². The van der Waals surface area contributed by atoms with E-state index < -0.39 is 11.6 Å². The van der Waals surface area contributed by atoms with E-state index in [-0.39, 0.29) is 12.5 Å². The first-order valence-electron chi connectivity index (χ1n) is 7.26. The van der Waals surface area contributed by atoms with Gasteiger partial charge in [0.2, 0.25) is 5.91 Å². The molecule has 2 rings (SSSR count). The van der Waals surface area contributed by atoms with Gasteiger partial charge in [-0.25, -0.2) is 9.67 Å². The average Bonchev–Trinajstić information content (AvgIpc) is 2.99. The van der Waals surface area contributed by atoms with Gasteiger partial charge in [-0.1, -0.05) is 30.3 Å². The molecule has 0 aliphatic carbocycles. The largest absolute Gasteiger partial charge is 0.389 e. The van der Waals surface area contributed by atoms with E-state index in [1.54, 1.807) is 25.7 Å². The van der Waals surface area contributed by atoms with Crippen LogP contribution in [0.25, 0.3) is 0 Å². The molecule has 1 N–H and O–H groups in total. The Labute approximate surface area is 130 Å². The fourth-order valence-corrected chi connectivity index (χ4v) is 2.28. The Morgan fingerprint density at radius 3 is 2.59 bits per heavy atom. The third kappa shape index (κ3) is 4.39. The summed E-state index contributed by atoms with van der Waals surface area (Å²) in [5.74, 6) is -0.100. The van der Waals surface area contributed by atoms with Gasteiger partial charge in [0.1, 0.15) is 18.7 Å². The Hall–Kier alpha value is -2.21. The van der Waals surface area contributed by atoms with E-state index in [0.717, 1.165) is 5.56 Å². The van der Waals surface area contributed by atoms with Crippen molar-refractivity contribution in [1.82, 2.24) is 19.7 Å². The summed E-state index contributed by atoms with van der Waals surface area (Å²) in [4.78, 5) is 18.3. The van der Waals surface area contributed by atoms with E-state index in [4.69, 9.17) is 0 Å². The van der Waals surface area contributed by atoms with Crippen LogP contribution in [0.5, 0.6) is 0 Å². The molecule has 2 aromatic rings. The average molecular weight is 302 g/mol. The van der Waals surface area contributed by atoms with Gasteiger partial charge in [0.15, 0.2) is 0 Å². The number of aliphatic hydroxyl groups is 1. The van der Waals surface area contributed by atoms with Crippen LogP contribution in [0.2, 0.25) is 0 Å². The maximum atomic E-state index is 12.7. The zero-order valence-corrected chi connectivity index (χ0v) is 13.2. The van der Waals surface area contributed by atoms with Crippen LogP contribution in [0.3, 0.4) is 0 Å². The second-order valence-corrected chi connectivity index (χ2v) is 6.04. The normalized spacial score (nSPS) is 12.9. The number of hydrogen-bond acceptors (Lipinski definition) is 4. The van der Waals surface area contributed by atoms with E-state index in [0.29, 0.717) is 6.54 Å². The van der Waals surface area contributed by atoms with Crippen LogP contribution in [0.15, 0.2) is 43.0 Å². The highest BCUT2D eigenvalue weighted by molar-refractivity contribution is 5.80. The highest BCUT2D eigenvalue weighted by Crippen LogP contribution is 2.15. The van der Waals surface area contributed by atoms with Crippen molar-refractivity contribution in [3.63, 3.8) is 0 Å². The lowest BCUT2D eigenvalue weighted by molar-refractivity contribution is -0.138. The molecule has 0 radical (unpaired) electrons. The standard InChI is InChI=1S/C16H22N4O2/c1-13(20-12-17-11-18-20)15(21)19(10-16(2,3)22)9-14-7-5-4-6-8-14/h4-8,11-13,22H,9-10H2,1-3H3/t13-/m1/s1. The molecule has 0 fully saturated rings. The summed E-state index contributed by atoms with van der Waals surface area (Å²) in [6, 6.07) is 9.26.